The van der Waals surface area contributed by atoms with E-state index < -0.39 is 16.1 Å². The van der Waals surface area contributed by atoms with Crippen molar-refractivity contribution in [2.45, 2.75) is 51.2 Å². The van der Waals surface area contributed by atoms with E-state index in [-0.39, 0.29) is 30.2 Å². The van der Waals surface area contributed by atoms with Gasteiger partial charge in [-0.05, 0) is 43.1 Å². The van der Waals surface area contributed by atoms with Crippen LogP contribution in [0.25, 0.3) is 0 Å². The van der Waals surface area contributed by atoms with Crippen LogP contribution in [0.5, 0.6) is 11.5 Å². The van der Waals surface area contributed by atoms with E-state index in [1.165, 1.54) is 16.4 Å². The Bertz CT molecular complexity index is 993. The quantitative estimate of drug-likeness (QED) is 0.506. The van der Waals surface area contributed by atoms with Crippen LogP contribution < -0.4 is 9.47 Å². The first-order valence-corrected chi connectivity index (χ1v) is 13.1. The molecule has 33 heavy (non-hydrogen) atoms. The lowest BCUT2D eigenvalue weighted by Crippen LogP contribution is -2.51. The van der Waals surface area contributed by atoms with Crippen molar-refractivity contribution in [1.29, 1.82) is 0 Å². The Balaban J connectivity index is 1.87. The fraction of sp³-hybridized carbons (Fsp3) is 0.520. The van der Waals surface area contributed by atoms with Gasteiger partial charge in [-0.2, -0.15) is 4.31 Å². The summed E-state index contributed by atoms with van der Waals surface area (Å²) < 4.78 is 39.3. The number of aliphatic hydroxyl groups is 1. The minimum atomic E-state index is -3.84. The Morgan fingerprint density at radius 3 is 2.27 bits per heavy atom. The molecule has 0 spiro atoms. The third-order valence-electron chi connectivity index (χ3n) is 5.95. The van der Waals surface area contributed by atoms with E-state index in [2.05, 4.69) is 18.7 Å². The molecular weight excluding hydrogens is 440 g/mol. The highest BCUT2D eigenvalue weighted by atomic mass is 32.2. The number of ether oxygens (including phenoxy) is 2. The SMILES string of the molecule is CCN(CC)[C@@H](Cc1ccccc1)[C@H](O)CN(CC(C)C)S(=O)(=O)c1ccc2c(c1)OCO2. The van der Waals surface area contributed by atoms with Crippen LogP contribution >= 0.6 is 0 Å². The molecule has 7 nitrogen and oxygen atoms in total. The smallest absolute Gasteiger partial charge is 0.243 e. The van der Waals surface area contributed by atoms with E-state index in [1.807, 2.05) is 44.2 Å². The summed E-state index contributed by atoms with van der Waals surface area (Å²) in [6.07, 6.45) is -0.212. The second kappa shape index (κ2) is 11.3. The maximum absolute atomic E-state index is 13.6. The van der Waals surface area contributed by atoms with Crippen molar-refractivity contribution < 1.29 is 23.0 Å². The maximum atomic E-state index is 13.6. The highest BCUT2D eigenvalue weighted by molar-refractivity contribution is 7.89. The molecule has 2 atom stereocenters. The topological polar surface area (TPSA) is 79.3 Å². The third kappa shape index (κ3) is 6.26. The molecular formula is C25H36N2O5S. The zero-order valence-electron chi connectivity index (χ0n) is 20.0. The number of likely N-dealkylation sites (N-methyl/N-ethyl adjacent to an activating group) is 1. The zero-order valence-corrected chi connectivity index (χ0v) is 20.8. The minimum absolute atomic E-state index is 0.0168. The van der Waals surface area contributed by atoms with Gasteiger partial charge in [0, 0.05) is 25.2 Å². The van der Waals surface area contributed by atoms with Gasteiger partial charge in [0.15, 0.2) is 11.5 Å². The van der Waals surface area contributed by atoms with Crippen molar-refractivity contribution in [2.24, 2.45) is 5.92 Å². The van der Waals surface area contributed by atoms with Crippen LogP contribution in [-0.2, 0) is 16.4 Å². The lowest BCUT2D eigenvalue weighted by molar-refractivity contribution is 0.0405. The van der Waals surface area contributed by atoms with Gasteiger partial charge < -0.3 is 14.6 Å². The Labute approximate surface area is 198 Å². The van der Waals surface area contributed by atoms with E-state index in [0.29, 0.717) is 24.5 Å². The number of hydrogen-bond acceptors (Lipinski definition) is 6. The number of sulfonamides is 1. The molecule has 0 bridgehead atoms. The normalized spacial score (nSPS) is 15.4. The van der Waals surface area contributed by atoms with Crippen molar-refractivity contribution in [3.8, 4) is 11.5 Å². The third-order valence-corrected chi connectivity index (χ3v) is 7.78. The first kappa shape index (κ1) is 25.5. The van der Waals surface area contributed by atoms with E-state index in [9.17, 15) is 13.5 Å². The summed E-state index contributed by atoms with van der Waals surface area (Å²) in [6, 6.07) is 14.5. The summed E-state index contributed by atoms with van der Waals surface area (Å²) in [5.41, 5.74) is 1.11. The Morgan fingerprint density at radius 1 is 0.970 bits per heavy atom. The Kier molecular flexibility index (Phi) is 8.75. The molecule has 0 unspecified atom stereocenters. The number of rotatable bonds is 12. The predicted octanol–water partition coefficient (Wildman–Crippen LogP) is 3.38. The standard InChI is InChI=1S/C25H36N2O5S/c1-5-26(6-2)22(14-20-10-8-7-9-11-20)23(28)17-27(16-19(3)4)33(29,30)21-12-13-24-25(15-21)32-18-31-24/h7-13,15,19,22-23,28H,5-6,14,16-18H2,1-4H3/t22-,23+/m0/s1. The number of hydrogen-bond donors (Lipinski definition) is 1. The van der Waals surface area contributed by atoms with E-state index in [0.717, 1.165) is 18.7 Å². The monoisotopic (exact) mass is 476 g/mol. The Morgan fingerprint density at radius 2 is 1.64 bits per heavy atom. The summed E-state index contributed by atoms with van der Waals surface area (Å²) >= 11 is 0. The van der Waals surface area contributed by atoms with Crippen LogP contribution in [-0.4, -0.2) is 67.8 Å². The minimum Gasteiger partial charge on any atom is -0.454 e. The molecule has 0 saturated carbocycles. The molecule has 0 amide bonds. The van der Waals surface area contributed by atoms with Gasteiger partial charge >= 0.3 is 0 Å². The molecule has 0 fully saturated rings. The van der Waals surface area contributed by atoms with Crippen molar-refractivity contribution in [3.05, 3.63) is 54.1 Å². The molecule has 1 heterocycles. The molecule has 8 heteroatoms. The number of benzene rings is 2. The van der Waals surface area contributed by atoms with Gasteiger partial charge in [-0.15, -0.1) is 0 Å². The second-order valence-corrected chi connectivity index (χ2v) is 10.7. The molecule has 2 aromatic rings. The van der Waals surface area contributed by atoms with Gasteiger partial charge in [0.05, 0.1) is 11.0 Å². The highest BCUT2D eigenvalue weighted by Crippen LogP contribution is 2.35. The molecule has 2 aromatic carbocycles. The molecule has 0 aromatic heterocycles. The van der Waals surface area contributed by atoms with Crippen LogP contribution in [0.3, 0.4) is 0 Å². The van der Waals surface area contributed by atoms with Gasteiger partial charge in [-0.25, -0.2) is 8.42 Å². The molecule has 1 aliphatic rings. The van der Waals surface area contributed by atoms with Crippen molar-refractivity contribution >= 4 is 10.0 Å². The van der Waals surface area contributed by atoms with Crippen LogP contribution in [0.1, 0.15) is 33.3 Å². The second-order valence-electron chi connectivity index (χ2n) is 8.78. The lowest BCUT2D eigenvalue weighted by Gasteiger charge is -2.36. The highest BCUT2D eigenvalue weighted by Gasteiger charge is 2.33. The van der Waals surface area contributed by atoms with Gasteiger partial charge in [-0.1, -0.05) is 58.0 Å². The van der Waals surface area contributed by atoms with Crippen molar-refractivity contribution in [2.75, 3.05) is 33.0 Å². The van der Waals surface area contributed by atoms with Gasteiger partial charge in [0.2, 0.25) is 16.8 Å². The maximum Gasteiger partial charge on any atom is 0.243 e. The van der Waals surface area contributed by atoms with E-state index in [4.69, 9.17) is 9.47 Å². The fourth-order valence-electron chi connectivity index (χ4n) is 4.25. The first-order chi connectivity index (χ1) is 15.8. The van der Waals surface area contributed by atoms with Crippen LogP contribution in [0.15, 0.2) is 53.4 Å². The summed E-state index contributed by atoms with van der Waals surface area (Å²) in [6.45, 7) is 10.0. The summed E-state index contributed by atoms with van der Waals surface area (Å²) in [4.78, 5) is 2.33. The number of fused-ring (bicyclic) bond motifs is 1. The molecule has 1 aliphatic heterocycles. The van der Waals surface area contributed by atoms with Gasteiger partial charge in [0.25, 0.3) is 0 Å². The number of nitrogens with zero attached hydrogens (tertiary/aromatic N) is 2. The average Bonchev–Trinajstić information content (AvgIpc) is 3.27. The molecule has 0 radical (unpaired) electrons. The fourth-order valence-corrected chi connectivity index (χ4v) is 5.89. The lowest BCUT2D eigenvalue weighted by atomic mass is 9.99. The number of aliphatic hydroxyl groups excluding tert-OH is 1. The molecule has 1 N–H and O–H groups in total. The molecule has 0 aliphatic carbocycles. The summed E-state index contributed by atoms with van der Waals surface area (Å²) in [5.74, 6) is 1.06. The summed E-state index contributed by atoms with van der Waals surface area (Å²) in [7, 11) is -3.84. The molecule has 0 saturated heterocycles. The molecule has 3 rings (SSSR count). The van der Waals surface area contributed by atoms with Crippen molar-refractivity contribution in [3.63, 3.8) is 0 Å². The average molecular weight is 477 g/mol. The zero-order chi connectivity index (χ0) is 24.0. The van der Waals surface area contributed by atoms with Gasteiger partial charge in [-0.3, -0.25) is 4.90 Å². The first-order valence-electron chi connectivity index (χ1n) is 11.6. The summed E-state index contributed by atoms with van der Waals surface area (Å²) in [5, 5.41) is 11.4. The van der Waals surface area contributed by atoms with Crippen LogP contribution in [0.4, 0.5) is 0 Å². The van der Waals surface area contributed by atoms with Crippen LogP contribution in [0.2, 0.25) is 0 Å². The largest absolute Gasteiger partial charge is 0.454 e. The van der Waals surface area contributed by atoms with E-state index in [1.54, 1.807) is 6.07 Å². The predicted molar refractivity (Wildman–Crippen MR) is 129 cm³/mol. The van der Waals surface area contributed by atoms with Crippen molar-refractivity contribution in [1.82, 2.24) is 9.21 Å². The molecule has 182 valence electrons. The van der Waals surface area contributed by atoms with E-state index >= 15 is 0 Å². The van der Waals surface area contributed by atoms with Crippen LogP contribution in [0, 0.1) is 5.92 Å². The van der Waals surface area contributed by atoms with Gasteiger partial charge in [0.1, 0.15) is 0 Å². The Hall–Kier alpha value is -2.13.